The van der Waals surface area contributed by atoms with E-state index in [9.17, 15) is 0 Å². The summed E-state index contributed by atoms with van der Waals surface area (Å²) >= 11 is 3.43. The number of aromatic nitrogens is 2. The first-order valence-corrected chi connectivity index (χ1v) is 7.43. The lowest BCUT2D eigenvalue weighted by molar-refractivity contribution is 0.223. The van der Waals surface area contributed by atoms with E-state index in [0.29, 0.717) is 5.69 Å². The van der Waals surface area contributed by atoms with Crippen LogP contribution in [0.2, 0.25) is 0 Å². The van der Waals surface area contributed by atoms with E-state index in [1.807, 2.05) is 18.2 Å². The molecule has 0 amide bonds. The van der Waals surface area contributed by atoms with Gasteiger partial charge in [0.05, 0.1) is 16.7 Å². The van der Waals surface area contributed by atoms with Crippen LogP contribution in [0.15, 0.2) is 41.3 Å². The van der Waals surface area contributed by atoms with Crippen molar-refractivity contribution in [2.24, 2.45) is 0 Å². The van der Waals surface area contributed by atoms with Crippen LogP contribution in [-0.2, 0) is 0 Å². The molecule has 3 rings (SSSR count). The van der Waals surface area contributed by atoms with Crippen LogP contribution >= 0.6 is 15.9 Å². The molecule has 3 heterocycles. The highest BCUT2D eigenvalue weighted by atomic mass is 79.9. The molecule has 1 aliphatic heterocycles. The summed E-state index contributed by atoms with van der Waals surface area (Å²) < 4.78 is 6.85. The van der Waals surface area contributed by atoms with Crippen molar-refractivity contribution in [1.82, 2.24) is 9.97 Å². The Hall–Kier alpha value is -2.13. The molecule has 6 heteroatoms. The molecule has 1 aliphatic rings. The largest absolute Gasteiger partial charge is 0.487 e. The second kappa shape index (κ2) is 6.10. The third-order valence-corrected chi connectivity index (χ3v) is 4.00. The Balaban J connectivity index is 1.71. The van der Waals surface area contributed by atoms with E-state index in [2.05, 4.69) is 36.9 Å². The first-order valence-electron chi connectivity index (χ1n) is 6.64. The van der Waals surface area contributed by atoms with E-state index in [0.717, 1.165) is 35.4 Å². The Morgan fingerprint density at radius 2 is 2.29 bits per heavy atom. The molecule has 5 nitrogen and oxygen atoms in total. The maximum atomic E-state index is 9.13. The predicted molar refractivity (Wildman–Crippen MR) is 82.1 cm³/mol. The molecule has 21 heavy (non-hydrogen) atoms. The average molecular weight is 345 g/mol. The number of hydrogen-bond donors (Lipinski definition) is 0. The molecule has 0 saturated carbocycles. The van der Waals surface area contributed by atoms with E-state index in [4.69, 9.17) is 10.00 Å². The second-order valence-electron chi connectivity index (χ2n) is 4.76. The summed E-state index contributed by atoms with van der Waals surface area (Å²) in [5, 5.41) is 9.13. The lowest BCUT2D eigenvalue weighted by Crippen LogP contribution is -2.25. The number of nitriles is 1. The number of pyridine rings is 2. The molecule has 2 aromatic rings. The Morgan fingerprint density at radius 3 is 3.10 bits per heavy atom. The highest BCUT2D eigenvalue weighted by molar-refractivity contribution is 9.10. The summed E-state index contributed by atoms with van der Waals surface area (Å²) in [6.45, 7) is 1.60. The summed E-state index contributed by atoms with van der Waals surface area (Å²) in [4.78, 5) is 10.3. The van der Waals surface area contributed by atoms with E-state index >= 15 is 0 Å². The van der Waals surface area contributed by atoms with Crippen LogP contribution in [0.25, 0.3) is 0 Å². The molecule has 0 aromatic carbocycles. The number of ether oxygens (including phenoxy) is 1. The van der Waals surface area contributed by atoms with Gasteiger partial charge in [0, 0.05) is 31.6 Å². The van der Waals surface area contributed by atoms with E-state index in [1.54, 1.807) is 18.6 Å². The van der Waals surface area contributed by atoms with Crippen molar-refractivity contribution in [1.29, 1.82) is 5.26 Å². The van der Waals surface area contributed by atoms with Gasteiger partial charge in [-0.05, 0) is 34.1 Å². The molecule has 1 saturated heterocycles. The molecule has 0 N–H and O–H groups in total. The van der Waals surface area contributed by atoms with Gasteiger partial charge in [-0.3, -0.25) is 4.98 Å². The Labute approximate surface area is 131 Å². The van der Waals surface area contributed by atoms with Crippen molar-refractivity contribution >= 4 is 21.6 Å². The van der Waals surface area contributed by atoms with Crippen LogP contribution in [-0.4, -0.2) is 29.2 Å². The van der Waals surface area contributed by atoms with Gasteiger partial charge in [0.15, 0.2) is 5.69 Å². The SMILES string of the molecule is N#Cc1ncccc1N1CCC(Oc2ccncc2Br)C1. The maximum Gasteiger partial charge on any atom is 0.163 e. The number of anilines is 1. The summed E-state index contributed by atoms with van der Waals surface area (Å²) in [5.41, 5.74) is 1.34. The fourth-order valence-corrected chi connectivity index (χ4v) is 2.76. The maximum absolute atomic E-state index is 9.13. The highest BCUT2D eigenvalue weighted by Crippen LogP contribution is 2.28. The zero-order chi connectivity index (χ0) is 14.7. The van der Waals surface area contributed by atoms with Gasteiger partial charge in [-0.1, -0.05) is 0 Å². The van der Waals surface area contributed by atoms with Crippen molar-refractivity contribution < 1.29 is 4.74 Å². The van der Waals surface area contributed by atoms with Gasteiger partial charge in [0.1, 0.15) is 17.9 Å². The molecule has 0 aliphatic carbocycles. The Morgan fingerprint density at radius 1 is 1.38 bits per heavy atom. The molecule has 0 bridgehead atoms. The molecular formula is C15H13BrN4O. The van der Waals surface area contributed by atoms with Gasteiger partial charge in [0.2, 0.25) is 0 Å². The zero-order valence-corrected chi connectivity index (χ0v) is 12.8. The second-order valence-corrected chi connectivity index (χ2v) is 5.62. The first-order chi connectivity index (χ1) is 10.3. The molecule has 1 fully saturated rings. The van der Waals surface area contributed by atoms with Crippen LogP contribution in [0.5, 0.6) is 5.75 Å². The van der Waals surface area contributed by atoms with Crippen LogP contribution < -0.4 is 9.64 Å². The standard InChI is InChI=1S/C15H13BrN4O/c16-12-9-18-6-3-15(12)21-11-4-7-20(10-11)14-2-1-5-19-13(14)8-17/h1-3,5-6,9,11H,4,7,10H2. The molecule has 2 aromatic heterocycles. The van der Waals surface area contributed by atoms with E-state index in [1.165, 1.54) is 0 Å². The van der Waals surface area contributed by atoms with Gasteiger partial charge in [-0.2, -0.15) is 5.26 Å². The van der Waals surface area contributed by atoms with Gasteiger partial charge < -0.3 is 9.64 Å². The number of hydrogen-bond acceptors (Lipinski definition) is 5. The quantitative estimate of drug-likeness (QED) is 0.856. The number of nitrogens with zero attached hydrogens (tertiary/aromatic N) is 4. The number of halogens is 1. The van der Waals surface area contributed by atoms with Gasteiger partial charge in [-0.25, -0.2) is 4.98 Å². The van der Waals surface area contributed by atoms with E-state index in [-0.39, 0.29) is 6.10 Å². The molecule has 1 unspecified atom stereocenters. The monoisotopic (exact) mass is 344 g/mol. The lowest BCUT2D eigenvalue weighted by Gasteiger charge is -2.19. The topological polar surface area (TPSA) is 62.0 Å². The fraction of sp³-hybridized carbons (Fsp3) is 0.267. The molecular weight excluding hydrogens is 332 g/mol. The fourth-order valence-electron chi connectivity index (χ4n) is 2.42. The van der Waals surface area contributed by atoms with Crippen LogP contribution in [0.3, 0.4) is 0 Å². The average Bonchev–Trinajstić information content (AvgIpc) is 2.98. The lowest BCUT2D eigenvalue weighted by atomic mass is 10.3. The van der Waals surface area contributed by atoms with Crippen molar-refractivity contribution in [3.63, 3.8) is 0 Å². The Kier molecular flexibility index (Phi) is 4.02. The minimum Gasteiger partial charge on any atom is -0.487 e. The van der Waals surface area contributed by atoms with Crippen molar-refractivity contribution in [3.05, 3.63) is 47.0 Å². The van der Waals surface area contributed by atoms with Crippen LogP contribution in [0, 0.1) is 11.3 Å². The summed E-state index contributed by atoms with van der Waals surface area (Å²) in [6.07, 6.45) is 6.07. The minimum atomic E-state index is 0.0930. The summed E-state index contributed by atoms with van der Waals surface area (Å²) in [7, 11) is 0. The zero-order valence-electron chi connectivity index (χ0n) is 11.2. The van der Waals surface area contributed by atoms with Gasteiger partial charge in [0.25, 0.3) is 0 Å². The summed E-state index contributed by atoms with van der Waals surface area (Å²) in [6, 6.07) is 7.76. The highest BCUT2D eigenvalue weighted by Gasteiger charge is 2.26. The number of rotatable bonds is 3. The molecule has 0 spiro atoms. The minimum absolute atomic E-state index is 0.0930. The molecule has 1 atom stereocenters. The van der Waals surface area contributed by atoms with Crippen LogP contribution in [0.1, 0.15) is 12.1 Å². The van der Waals surface area contributed by atoms with E-state index < -0.39 is 0 Å². The third kappa shape index (κ3) is 2.98. The molecule has 0 radical (unpaired) electrons. The predicted octanol–water partition coefficient (Wildman–Crippen LogP) is 2.77. The van der Waals surface area contributed by atoms with Crippen molar-refractivity contribution in [2.75, 3.05) is 18.0 Å². The van der Waals surface area contributed by atoms with Crippen molar-refractivity contribution in [2.45, 2.75) is 12.5 Å². The Bertz CT molecular complexity index is 685. The van der Waals surface area contributed by atoms with Crippen molar-refractivity contribution in [3.8, 4) is 11.8 Å². The smallest absolute Gasteiger partial charge is 0.163 e. The van der Waals surface area contributed by atoms with Gasteiger partial charge in [-0.15, -0.1) is 0 Å². The normalized spacial score (nSPS) is 17.5. The summed E-state index contributed by atoms with van der Waals surface area (Å²) in [5.74, 6) is 0.795. The first kappa shape index (κ1) is 13.8. The van der Waals surface area contributed by atoms with Gasteiger partial charge >= 0.3 is 0 Å². The molecule has 106 valence electrons. The third-order valence-electron chi connectivity index (χ3n) is 3.41. The van der Waals surface area contributed by atoms with Crippen LogP contribution in [0.4, 0.5) is 5.69 Å².